The van der Waals surface area contributed by atoms with Crippen LogP contribution in [0.15, 0.2) is 24.5 Å². The average Bonchev–Trinajstić information content (AvgIpc) is 3.05. The molecule has 0 aliphatic carbocycles. The Bertz CT molecular complexity index is 885. The lowest BCUT2D eigenvalue weighted by atomic mass is 9.64. The van der Waals surface area contributed by atoms with Crippen LogP contribution in [-0.4, -0.2) is 47.3 Å². The standard InChI is InChI=1S/C22H29N3O3/c1-14-17(24-13-23-14)9-25-10-22(11-25)8-16-19(27-12-22)15-6-5-7-18(26-4)20(15)28-21(16,2)3/h5-7,13,16,19H,8-12H2,1-4H3,(H,23,24)/t16-,19+/m0/s1. The summed E-state index contributed by atoms with van der Waals surface area (Å²) in [6.45, 7) is 10.3. The summed E-state index contributed by atoms with van der Waals surface area (Å²) in [5, 5.41) is 0. The Morgan fingerprint density at radius 2 is 2.14 bits per heavy atom. The minimum Gasteiger partial charge on any atom is -0.493 e. The van der Waals surface area contributed by atoms with Crippen molar-refractivity contribution in [2.24, 2.45) is 11.3 Å². The number of nitrogens with zero attached hydrogens (tertiary/aromatic N) is 2. The summed E-state index contributed by atoms with van der Waals surface area (Å²) in [6, 6.07) is 6.11. The molecule has 1 aromatic carbocycles. The first-order valence-corrected chi connectivity index (χ1v) is 10.1. The molecule has 1 aromatic heterocycles. The van der Waals surface area contributed by atoms with E-state index in [0.717, 1.165) is 61.1 Å². The molecule has 4 heterocycles. The zero-order valence-electron chi connectivity index (χ0n) is 17.1. The van der Waals surface area contributed by atoms with Crippen LogP contribution in [0.4, 0.5) is 0 Å². The summed E-state index contributed by atoms with van der Waals surface area (Å²) in [6.07, 6.45) is 2.97. The van der Waals surface area contributed by atoms with Crippen LogP contribution in [0.25, 0.3) is 0 Å². The predicted molar refractivity (Wildman–Crippen MR) is 106 cm³/mol. The highest BCUT2D eigenvalue weighted by molar-refractivity contribution is 5.50. The van der Waals surface area contributed by atoms with E-state index in [1.54, 1.807) is 13.4 Å². The lowest BCUT2D eigenvalue weighted by Crippen LogP contribution is -2.63. The number of hydrogen-bond donors (Lipinski definition) is 1. The maximum absolute atomic E-state index is 6.52. The van der Waals surface area contributed by atoms with Crippen LogP contribution < -0.4 is 9.47 Å². The number of methoxy groups -OCH3 is 1. The normalized spacial score (nSPS) is 27.4. The molecule has 3 aliphatic rings. The molecule has 1 spiro atoms. The molecule has 5 rings (SSSR count). The third-order valence-electron chi connectivity index (χ3n) is 6.81. The van der Waals surface area contributed by atoms with Crippen molar-refractivity contribution in [1.82, 2.24) is 14.9 Å². The molecule has 3 aliphatic heterocycles. The van der Waals surface area contributed by atoms with Crippen molar-refractivity contribution in [2.75, 3.05) is 26.8 Å². The molecule has 0 unspecified atom stereocenters. The van der Waals surface area contributed by atoms with Gasteiger partial charge >= 0.3 is 0 Å². The molecule has 2 atom stereocenters. The average molecular weight is 383 g/mol. The van der Waals surface area contributed by atoms with Gasteiger partial charge in [-0.3, -0.25) is 4.90 Å². The number of rotatable bonds is 3. The smallest absolute Gasteiger partial charge is 0.167 e. The molecule has 28 heavy (non-hydrogen) atoms. The zero-order chi connectivity index (χ0) is 19.5. The molecule has 2 aromatic rings. The van der Waals surface area contributed by atoms with Gasteiger partial charge in [-0.15, -0.1) is 0 Å². The first kappa shape index (κ1) is 18.0. The van der Waals surface area contributed by atoms with Crippen molar-refractivity contribution in [2.45, 2.75) is 45.4 Å². The maximum atomic E-state index is 6.52. The summed E-state index contributed by atoms with van der Waals surface area (Å²) in [5.74, 6) is 1.96. The van der Waals surface area contributed by atoms with Crippen LogP contribution in [0, 0.1) is 18.3 Å². The predicted octanol–water partition coefficient (Wildman–Crippen LogP) is 3.48. The second kappa shape index (κ2) is 6.22. The molecule has 2 fully saturated rings. The Balaban J connectivity index is 1.34. The molecule has 6 heteroatoms. The fraction of sp³-hybridized carbons (Fsp3) is 0.591. The Kier molecular flexibility index (Phi) is 4.00. The minimum atomic E-state index is -0.293. The van der Waals surface area contributed by atoms with Gasteiger partial charge in [0, 0.05) is 42.2 Å². The van der Waals surface area contributed by atoms with E-state index in [4.69, 9.17) is 14.2 Å². The molecule has 0 bridgehead atoms. The topological polar surface area (TPSA) is 59.6 Å². The SMILES string of the molecule is COc1cccc2c1OC(C)(C)[C@H]1CC3(CO[C@H]21)CN(Cc1nc[nH]c1C)C3. The Morgan fingerprint density at radius 1 is 1.32 bits per heavy atom. The second-order valence-corrected chi connectivity index (χ2v) is 9.25. The largest absolute Gasteiger partial charge is 0.493 e. The molecular formula is C22H29N3O3. The zero-order valence-corrected chi connectivity index (χ0v) is 17.1. The third kappa shape index (κ3) is 2.73. The van der Waals surface area contributed by atoms with Gasteiger partial charge in [-0.05, 0) is 33.3 Å². The summed E-state index contributed by atoms with van der Waals surface area (Å²) in [7, 11) is 1.69. The van der Waals surface area contributed by atoms with Crippen LogP contribution in [0.2, 0.25) is 0 Å². The minimum absolute atomic E-state index is 0.0714. The fourth-order valence-corrected chi connectivity index (χ4v) is 5.29. The molecule has 2 saturated heterocycles. The van der Waals surface area contributed by atoms with Gasteiger partial charge in [0.2, 0.25) is 0 Å². The summed E-state index contributed by atoms with van der Waals surface area (Å²) < 4.78 is 18.5. The van der Waals surface area contributed by atoms with E-state index < -0.39 is 0 Å². The van der Waals surface area contributed by atoms with Crippen LogP contribution in [-0.2, 0) is 11.3 Å². The fourth-order valence-electron chi connectivity index (χ4n) is 5.29. The van der Waals surface area contributed by atoms with Crippen molar-refractivity contribution in [1.29, 1.82) is 0 Å². The highest BCUT2D eigenvalue weighted by atomic mass is 16.5. The van der Waals surface area contributed by atoms with Crippen molar-refractivity contribution < 1.29 is 14.2 Å². The van der Waals surface area contributed by atoms with Crippen molar-refractivity contribution >= 4 is 0 Å². The second-order valence-electron chi connectivity index (χ2n) is 9.25. The van der Waals surface area contributed by atoms with Gasteiger partial charge in [0.15, 0.2) is 11.5 Å². The van der Waals surface area contributed by atoms with E-state index in [1.165, 1.54) is 0 Å². The van der Waals surface area contributed by atoms with Crippen molar-refractivity contribution in [3.05, 3.63) is 41.5 Å². The molecule has 0 amide bonds. The first-order valence-electron chi connectivity index (χ1n) is 10.1. The van der Waals surface area contributed by atoms with E-state index in [-0.39, 0.29) is 17.1 Å². The number of nitrogens with one attached hydrogen (secondary N) is 1. The monoisotopic (exact) mass is 383 g/mol. The molecular weight excluding hydrogens is 354 g/mol. The Hall–Kier alpha value is -2.05. The Labute approximate surface area is 166 Å². The van der Waals surface area contributed by atoms with Gasteiger partial charge in [-0.1, -0.05) is 12.1 Å². The first-order chi connectivity index (χ1) is 13.4. The quantitative estimate of drug-likeness (QED) is 0.879. The van der Waals surface area contributed by atoms with E-state index in [2.05, 4.69) is 41.7 Å². The molecule has 0 radical (unpaired) electrons. The van der Waals surface area contributed by atoms with Gasteiger partial charge < -0.3 is 19.2 Å². The van der Waals surface area contributed by atoms with E-state index >= 15 is 0 Å². The highest BCUT2D eigenvalue weighted by Gasteiger charge is 2.56. The molecule has 1 N–H and O–H groups in total. The number of fused-ring (bicyclic) bond motifs is 3. The maximum Gasteiger partial charge on any atom is 0.167 e. The lowest BCUT2D eigenvalue weighted by Gasteiger charge is -2.58. The van der Waals surface area contributed by atoms with Crippen LogP contribution >= 0.6 is 0 Å². The number of aromatic nitrogens is 2. The molecule has 6 nitrogen and oxygen atoms in total. The van der Waals surface area contributed by atoms with Crippen LogP contribution in [0.5, 0.6) is 11.5 Å². The van der Waals surface area contributed by atoms with Crippen molar-refractivity contribution in [3.63, 3.8) is 0 Å². The summed E-state index contributed by atoms with van der Waals surface area (Å²) >= 11 is 0. The summed E-state index contributed by atoms with van der Waals surface area (Å²) in [4.78, 5) is 10.1. The number of aromatic amines is 1. The van der Waals surface area contributed by atoms with E-state index in [9.17, 15) is 0 Å². The lowest BCUT2D eigenvalue weighted by molar-refractivity contribution is -0.200. The number of benzene rings is 1. The Morgan fingerprint density at radius 3 is 2.86 bits per heavy atom. The third-order valence-corrected chi connectivity index (χ3v) is 6.81. The van der Waals surface area contributed by atoms with Gasteiger partial charge in [0.05, 0.1) is 31.8 Å². The number of aryl methyl sites for hydroxylation is 1. The van der Waals surface area contributed by atoms with E-state index in [1.807, 2.05) is 12.1 Å². The number of ether oxygens (including phenoxy) is 3. The van der Waals surface area contributed by atoms with Gasteiger partial charge in [-0.2, -0.15) is 0 Å². The van der Waals surface area contributed by atoms with Gasteiger partial charge in [0.1, 0.15) is 5.60 Å². The van der Waals surface area contributed by atoms with Gasteiger partial charge in [-0.25, -0.2) is 4.98 Å². The number of imidazole rings is 1. The number of likely N-dealkylation sites (tertiary alicyclic amines) is 1. The molecule has 0 saturated carbocycles. The van der Waals surface area contributed by atoms with Gasteiger partial charge in [0.25, 0.3) is 0 Å². The number of para-hydroxylation sites is 1. The van der Waals surface area contributed by atoms with E-state index in [0.29, 0.717) is 5.92 Å². The highest BCUT2D eigenvalue weighted by Crippen LogP contribution is 2.56. The van der Waals surface area contributed by atoms with Crippen molar-refractivity contribution in [3.8, 4) is 11.5 Å². The molecule has 150 valence electrons. The number of hydrogen-bond acceptors (Lipinski definition) is 5. The summed E-state index contributed by atoms with van der Waals surface area (Å²) in [5.41, 5.74) is 3.36. The van der Waals surface area contributed by atoms with Crippen LogP contribution in [0.3, 0.4) is 0 Å². The van der Waals surface area contributed by atoms with Crippen LogP contribution in [0.1, 0.15) is 43.3 Å². The number of H-pyrrole nitrogens is 1.